The highest BCUT2D eigenvalue weighted by atomic mass is 19.1. The molecule has 122 valence electrons. The van der Waals surface area contributed by atoms with Crippen molar-refractivity contribution in [3.8, 4) is 17.2 Å². The molecule has 1 N–H and O–H groups in total. The zero-order valence-corrected chi connectivity index (χ0v) is 12.8. The third kappa shape index (κ3) is 3.57. The number of nitrogens with zero attached hydrogens (tertiary/aromatic N) is 2. The number of benzene rings is 2. The predicted molar refractivity (Wildman–Crippen MR) is 83.9 cm³/mol. The summed E-state index contributed by atoms with van der Waals surface area (Å²) in [6.45, 7) is 0.0784. The molecule has 0 saturated heterocycles. The molecule has 0 bridgehead atoms. The third-order valence-electron chi connectivity index (χ3n) is 3.30. The van der Waals surface area contributed by atoms with Gasteiger partial charge in [0.15, 0.2) is 5.82 Å². The number of nitrogens with one attached hydrogen (secondary N) is 1. The van der Waals surface area contributed by atoms with E-state index in [1.165, 1.54) is 18.2 Å². The van der Waals surface area contributed by atoms with Gasteiger partial charge in [0.25, 0.3) is 11.8 Å². The number of carbonyl (C=O) groups excluding carboxylic acids is 1. The SMILES string of the molecule is COc1ccc(-c2nc(CNC(=O)c3cccc(F)c3)no2)cc1. The van der Waals surface area contributed by atoms with Crippen LogP contribution >= 0.6 is 0 Å². The minimum Gasteiger partial charge on any atom is -0.497 e. The van der Waals surface area contributed by atoms with E-state index in [4.69, 9.17) is 9.26 Å². The first-order valence-electron chi connectivity index (χ1n) is 7.16. The Morgan fingerprint density at radius 2 is 2.04 bits per heavy atom. The molecule has 0 radical (unpaired) electrons. The van der Waals surface area contributed by atoms with Crippen molar-refractivity contribution in [3.05, 3.63) is 65.7 Å². The summed E-state index contributed by atoms with van der Waals surface area (Å²) >= 11 is 0. The maximum Gasteiger partial charge on any atom is 0.257 e. The lowest BCUT2D eigenvalue weighted by molar-refractivity contribution is 0.0949. The summed E-state index contributed by atoms with van der Waals surface area (Å²) < 4.78 is 23.4. The zero-order valence-electron chi connectivity index (χ0n) is 12.8. The fourth-order valence-corrected chi connectivity index (χ4v) is 2.07. The maximum absolute atomic E-state index is 13.1. The molecule has 0 fully saturated rings. The average molecular weight is 327 g/mol. The molecule has 6 nitrogen and oxygen atoms in total. The second-order valence-electron chi connectivity index (χ2n) is 4.94. The molecule has 0 spiro atoms. The maximum atomic E-state index is 13.1. The lowest BCUT2D eigenvalue weighted by Gasteiger charge is -2.02. The van der Waals surface area contributed by atoms with Gasteiger partial charge in [-0.15, -0.1) is 0 Å². The van der Waals surface area contributed by atoms with Gasteiger partial charge in [0.1, 0.15) is 11.6 Å². The molecule has 3 rings (SSSR count). The molecule has 3 aromatic rings. The summed E-state index contributed by atoms with van der Waals surface area (Å²) in [5.41, 5.74) is 0.972. The molecule has 1 heterocycles. The van der Waals surface area contributed by atoms with Crippen LogP contribution in [-0.2, 0) is 6.54 Å². The van der Waals surface area contributed by atoms with Crippen LogP contribution in [0.2, 0.25) is 0 Å². The molecule has 24 heavy (non-hydrogen) atoms. The van der Waals surface area contributed by atoms with Crippen LogP contribution in [-0.4, -0.2) is 23.2 Å². The molecule has 0 unspecified atom stereocenters. The summed E-state index contributed by atoms with van der Waals surface area (Å²) in [6, 6.07) is 12.6. The monoisotopic (exact) mass is 327 g/mol. The van der Waals surface area contributed by atoms with E-state index in [0.717, 1.165) is 17.4 Å². The summed E-state index contributed by atoms with van der Waals surface area (Å²) in [6.07, 6.45) is 0. The number of rotatable bonds is 5. The van der Waals surface area contributed by atoms with Gasteiger partial charge in [-0.25, -0.2) is 4.39 Å². The van der Waals surface area contributed by atoms with Crippen LogP contribution in [0.15, 0.2) is 53.1 Å². The molecule has 0 aliphatic heterocycles. The van der Waals surface area contributed by atoms with Gasteiger partial charge in [-0.1, -0.05) is 11.2 Å². The number of hydrogen-bond donors (Lipinski definition) is 1. The van der Waals surface area contributed by atoms with E-state index < -0.39 is 11.7 Å². The van der Waals surface area contributed by atoms with E-state index in [1.54, 1.807) is 31.4 Å². The molecule has 0 atom stereocenters. The van der Waals surface area contributed by atoms with Gasteiger partial charge in [0.2, 0.25) is 0 Å². The summed E-state index contributed by atoms with van der Waals surface area (Å²) in [5, 5.41) is 6.43. The van der Waals surface area contributed by atoms with Crippen LogP contribution in [0.4, 0.5) is 4.39 Å². The van der Waals surface area contributed by atoms with Crippen LogP contribution < -0.4 is 10.1 Å². The number of methoxy groups -OCH3 is 1. The fourth-order valence-electron chi connectivity index (χ4n) is 2.07. The van der Waals surface area contributed by atoms with Gasteiger partial charge in [-0.05, 0) is 42.5 Å². The van der Waals surface area contributed by atoms with Crippen molar-refractivity contribution in [1.29, 1.82) is 0 Å². The Balaban J connectivity index is 1.64. The molecule has 1 amide bonds. The Hall–Kier alpha value is -3.22. The number of carbonyl (C=O) groups is 1. The highest BCUT2D eigenvalue weighted by Gasteiger charge is 2.11. The average Bonchev–Trinajstić information content (AvgIpc) is 3.09. The summed E-state index contributed by atoms with van der Waals surface area (Å²) in [4.78, 5) is 16.2. The quantitative estimate of drug-likeness (QED) is 0.780. The minimum atomic E-state index is -0.469. The van der Waals surface area contributed by atoms with E-state index in [2.05, 4.69) is 15.5 Å². The van der Waals surface area contributed by atoms with Crippen molar-refractivity contribution < 1.29 is 18.4 Å². The summed E-state index contributed by atoms with van der Waals surface area (Å²) in [5.74, 6) is 0.508. The van der Waals surface area contributed by atoms with Gasteiger partial charge in [0, 0.05) is 11.1 Å². The van der Waals surface area contributed by atoms with Crippen LogP contribution in [0.25, 0.3) is 11.5 Å². The van der Waals surface area contributed by atoms with Gasteiger partial charge < -0.3 is 14.6 Å². The van der Waals surface area contributed by atoms with Crippen molar-refractivity contribution in [3.63, 3.8) is 0 Å². The van der Waals surface area contributed by atoms with E-state index in [1.807, 2.05) is 0 Å². The number of amides is 1. The van der Waals surface area contributed by atoms with Crippen molar-refractivity contribution in [2.45, 2.75) is 6.54 Å². The highest BCUT2D eigenvalue weighted by molar-refractivity contribution is 5.94. The first-order valence-corrected chi connectivity index (χ1v) is 7.16. The number of ether oxygens (including phenoxy) is 1. The molecular formula is C17H14FN3O3. The summed E-state index contributed by atoms with van der Waals surface area (Å²) in [7, 11) is 1.58. The van der Waals surface area contributed by atoms with Crippen molar-refractivity contribution >= 4 is 5.91 Å². The largest absolute Gasteiger partial charge is 0.497 e. The number of aromatic nitrogens is 2. The van der Waals surface area contributed by atoms with Crippen molar-refractivity contribution in [2.24, 2.45) is 0 Å². The fraction of sp³-hybridized carbons (Fsp3) is 0.118. The molecule has 2 aromatic carbocycles. The second kappa shape index (κ2) is 6.91. The van der Waals surface area contributed by atoms with Crippen LogP contribution in [0.1, 0.15) is 16.2 Å². The highest BCUT2D eigenvalue weighted by Crippen LogP contribution is 2.20. The molecule has 1 aromatic heterocycles. The Morgan fingerprint density at radius 1 is 1.25 bits per heavy atom. The zero-order chi connectivity index (χ0) is 16.9. The first kappa shape index (κ1) is 15.7. The molecule has 0 aliphatic rings. The topological polar surface area (TPSA) is 77.2 Å². The van der Waals surface area contributed by atoms with E-state index in [0.29, 0.717) is 11.7 Å². The Labute approximate surface area is 137 Å². The first-order chi connectivity index (χ1) is 11.7. The lowest BCUT2D eigenvalue weighted by atomic mass is 10.2. The number of halogens is 1. The van der Waals surface area contributed by atoms with E-state index in [-0.39, 0.29) is 12.1 Å². The van der Waals surface area contributed by atoms with E-state index in [9.17, 15) is 9.18 Å². The molecule has 0 aliphatic carbocycles. The standard InChI is InChI=1S/C17H14FN3O3/c1-23-14-7-5-11(6-8-14)17-20-15(21-24-17)10-19-16(22)12-3-2-4-13(18)9-12/h2-9H,10H2,1H3,(H,19,22). The lowest BCUT2D eigenvalue weighted by Crippen LogP contribution is -2.23. The number of hydrogen-bond acceptors (Lipinski definition) is 5. The van der Waals surface area contributed by atoms with Crippen LogP contribution in [0.5, 0.6) is 5.75 Å². The molecule has 7 heteroatoms. The van der Waals surface area contributed by atoms with Gasteiger partial charge in [-0.2, -0.15) is 4.98 Å². The van der Waals surface area contributed by atoms with Gasteiger partial charge in [0.05, 0.1) is 13.7 Å². The Morgan fingerprint density at radius 3 is 2.75 bits per heavy atom. The smallest absolute Gasteiger partial charge is 0.257 e. The molecular weight excluding hydrogens is 313 g/mol. The second-order valence-corrected chi connectivity index (χ2v) is 4.94. The van der Waals surface area contributed by atoms with Crippen molar-refractivity contribution in [1.82, 2.24) is 15.5 Å². The Bertz CT molecular complexity index is 846. The normalized spacial score (nSPS) is 10.4. The minimum absolute atomic E-state index is 0.0784. The van der Waals surface area contributed by atoms with Gasteiger partial charge in [-0.3, -0.25) is 4.79 Å². The van der Waals surface area contributed by atoms with Crippen molar-refractivity contribution in [2.75, 3.05) is 7.11 Å². The molecule has 0 saturated carbocycles. The Kier molecular flexibility index (Phi) is 4.51. The van der Waals surface area contributed by atoms with Crippen LogP contribution in [0.3, 0.4) is 0 Å². The van der Waals surface area contributed by atoms with Gasteiger partial charge >= 0.3 is 0 Å². The van der Waals surface area contributed by atoms with E-state index >= 15 is 0 Å². The third-order valence-corrected chi connectivity index (χ3v) is 3.30. The predicted octanol–water partition coefficient (Wildman–Crippen LogP) is 2.81. The van der Waals surface area contributed by atoms with Crippen LogP contribution in [0, 0.1) is 5.82 Å².